The van der Waals surface area contributed by atoms with Crippen LogP contribution in [0.15, 0.2) is 85.1 Å². The maximum Gasteiger partial charge on any atom is 0.306 e. The van der Waals surface area contributed by atoms with Gasteiger partial charge in [-0.15, -0.1) is 0 Å². The molecule has 0 aromatic rings. The molecule has 402 valence electrons. The van der Waals surface area contributed by atoms with E-state index in [0.717, 1.165) is 109 Å². The lowest BCUT2D eigenvalue weighted by molar-refractivity contribution is -0.167. The van der Waals surface area contributed by atoms with Crippen molar-refractivity contribution in [3.05, 3.63) is 85.1 Å². The highest BCUT2D eigenvalue weighted by Gasteiger charge is 2.19. The highest BCUT2D eigenvalue weighted by atomic mass is 16.6. The van der Waals surface area contributed by atoms with Gasteiger partial charge in [-0.25, -0.2) is 0 Å². The molecule has 70 heavy (non-hydrogen) atoms. The van der Waals surface area contributed by atoms with Crippen molar-refractivity contribution in [2.24, 2.45) is 0 Å². The average Bonchev–Trinajstić information content (AvgIpc) is 3.36. The number of ether oxygens (including phenoxy) is 3. The van der Waals surface area contributed by atoms with E-state index < -0.39 is 6.10 Å². The van der Waals surface area contributed by atoms with Crippen LogP contribution in [0.1, 0.15) is 284 Å². The standard InChI is InChI=1S/C64H110O6/c1-4-7-10-13-16-19-22-24-26-28-29-30-31-32-33-34-35-37-38-40-42-45-48-51-54-57-63(66)69-60-61(59-68-62(65)56-53-50-47-44-21-18-15-12-9-6-3)70-64(67)58-55-52-49-46-43-41-39-36-27-25-23-20-17-14-11-8-5-2/h7,10,16-17,19-20,24-27,29-30,32-33,61H,4-6,8-9,11-15,18,21-23,28,31,34-60H2,1-3H3/b10-7-,19-16-,20-17-,26-24-,27-25-,30-29-,33-32-. The number of carbonyl (C=O) groups is 3. The highest BCUT2D eigenvalue weighted by Crippen LogP contribution is 2.15. The lowest BCUT2D eigenvalue weighted by atomic mass is 10.1. The topological polar surface area (TPSA) is 78.9 Å². The minimum Gasteiger partial charge on any atom is -0.462 e. The second-order valence-corrected chi connectivity index (χ2v) is 19.5. The van der Waals surface area contributed by atoms with Crippen molar-refractivity contribution in [3.63, 3.8) is 0 Å². The molecule has 0 radical (unpaired) electrons. The third kappa shape index (κ3) is 55.5. The zero-order valence-electron chi connectivity index (χ0n) is 46.0. The van der Waals surface area contributed by atoms with E-state index in [1.807, 2.05) is 0 Å². The maximum atomic E-state index is 12.8. The maximum absolute atomic E-state index is 12.8. The van der Waals surface area contributed by atoms with Crippen LogP contribution in [0.4, 0.5) is 0 Å². The van der Waals surface area contributed by atoms with Gasteiger partial charge in [0.1, 0.15) is 13.2 Å². The van der Waals surface area contributed by atoms with E-state index in [1.54, 1.807) is 0 Å². The molecule has 0 aromatic carbocycles. The summed E-state index contributed by atoms with van der Waals surface area (Å²) in [6.07, 6.45) is 75.8. The highest BCUT2D eigenvalue weighted by molar-refractivity contribution is 5.71. The number of unbranched alkanes of at least 4 members (excludes halogenated alkanes) is 28. The van der Waals surface area contributed by atoms with Crippen molar-refractivity contribution in [1.29, 1.82) is 0 Å². The van der Waals surface area contributed by atoms with E-state index in [2.05, 4.69) is 106 Å². The molecule has 0 heterocycles. The smallest absolute Gasteiger partial charge is 0.306 e. The van der Waals surface area contributed by atoms with Gasteiger partial charge in [0.2, 0.25) is 0 Å². The van der Waals surface area contributed by atoms with E-state index in [1.165, 1.54) is 135 Å². The van der Waals surface area contributed by atoms with Crippen LogP contribution >= 0.6 is 0 Å². The summed E-state index contributed by atoms with van der Waals surface area (Å²) in [5.74, 6) is -0.888. The molecule has 0 aliphatic rings. The van der Waals surface area contributed by atoms with Crippen LogP contribution in [0.3, 0.4) is 0 Å². The van der Waals surface area contributed by atoms with Crippen LogP contribution in [0.25, 0.3) is 0 Å². The minimum atomic E-state index is -0.781. The molecule has 0 aliphatic carbocycles. The van der Waals surface area contributed by atoms with Gasteiger partial charge in [-0.2, -0.15) is 0 Å². The molecule has 0 N–H and O–H groups in total. The van der Waals surface area contributed by atoms with Crippen LogP contribution in [0.2, 0.25) is 0 Å². The summed E-state index contributed by atoms with van der Waals surface area (Å²) in [7, 11) is 0. The molecule has 0 saturated heterocycles. The molecule has 0 spiro atoms. The molecular weight excluding hydrogens is 865 g/mol. The van der Waals surface area contributed by atoms with Gasteiger partial charge in [0.15, 0.2) is 6.10 Å². The number of carbonyl (C=O) groups excluding carboxylic acids is 3. The van der Waals surface area contributed by atoms with Crippen LogP contribution in [0.5, 0.6) is 0 Å². The van der Waals surface area contributed by atoms with Crippen molar-refractivity contribution in [2.45, 2.75) is 290 Å². The summed E-state index contributed by atoms with van der Waals surface area (Å²) in [6.45, 7) is 6.49. The van der Waals surface area contributed by atoms with Crippen molar-refractivity contribution >= 4 is 17.9 Å². The molecule has 0 rings (SSSR count). The normalized spacial score (nSPS) is 12.7. The first kappa shape index (κ1) is 66.6. The first-order chi connectivity index (χ1) is 34.5. The Morgan fingerprint density at radius 1 is 0.300 bits per heavy atom. The Kier molecular flexibility index (Phi) is 55.3. The molecule has 0 bridgehead atoms. The first-order valence-corrected chi connectivity index (χ1v) is 29.6. The average molecular weight is 976 g/mol. The van der Waals surface area contributed by atoms with Crippen molar-refractivity contribution in [1.82, 2.24) is 0 Å². The van der Waals surface area contributed by atoms with Crippen LogP contribution in [-0.2, 0) is 28.6 Å². The summed E-state index contributed by atoms with van der Waals surface area (Å²) < 4.78 is 16.9. The van der Waals surface area contributed by atoms with E-state index in [9.17, 15) is 14.4 Å². The van der Waals surface area contributed by atoms with Gasteiger partial charge in [-0.1, -0.05) is 254 Å². The Hall–Kier alpha value is -3.41. The summed E-state index contributed by atoms with van der Waals surface area (Å²) in [5.41, 5.74) is 0. The minimum absolute atomic E-state index is 0.0794. The second-order valence-electron chi connectivity index (χ2n) is 19.5. The Labute approximate surface area is 433 Å². The molecular formula is C64H110O6. The summed E-state index contributed by atoms with van der Waals surface area (Å²) in [6, 6.07) is 0. The number of hydrogen-bond donors (Lipinski definition) is 0. The molecule has 6 nitrogen and oxygen atoms in total. The molecule has 1 atom stereocenters. The van der Waals surface area contributed by atoms with E-state index in [0.29, 0.717) is 19.3 Å². The molecule has 1 unspecified atom stereocenters. The molecule has 0 fully saturated rings. The monoisotopic (exact) mass is 975 g/mol. The van der Waals surface area contributed by atoms with E-state index >= 15 is 0 Å². The van der Waals surface area contributed by atoms with E-state index in [4.69, 9.17) is 14.2 Å². The predicted molar refractivity (Wildman–Crippen MR) is 302 cm³/mol. The summed E-state index contributed by atoms with van der Waals surface area (Å²) in [5, 5.41) is 0. The summed E-state index contributed by atoms with van der Waals surface area (Å²) >= 11 is 0. The van der Waals surface area contributed by atoms with Crippen molar-refractivity contribution < 1.29 is 28.6 Å². The largest absolute Gasteiger partial charge is 0.462 e. The van der Waals surface area contributed by atoms with Crippen LogP contribution < -0.4 is 0 Å². The fourth-order valence-electron chi connectivity index (χ4n) is 8.21. The van der Waals surface area contributed by atoms with Crippen molar-refractivity contribution in [3.8, 4) is 0 Å². The number of rotatable bonds is 53. The lowest BCUT2D eigenvalue weighted by Crippen LogP contribution is -2.30. The molecule has 0 amide bonds. The number of allylic oxidation sites excluding steroid dienone is 14. The van der Waals surface area contributed by atoms with Gasteiger partial charge < -0.3 is 14.2 Å². The van der Waals surface area contributed by atoms with Gasteiger partial charge in [-0.3, -0.25) is 14.4 Å². The fourth-order valence-corrected chi connectivity index (χ4v) is 8.21. The van der Waals surface area contributed by atoms with E-state index in [-0.39, 0.29) is 31.1 Å². The van der Waals surface area contributed by atoms with Crippen LogP contribution in [0, 0.1) is 0 Å². The number of esters is 3. The zero-order chi connectivity index (χ0) is 50.7. The van der Waals surface area contributed by atoms with Gasteiger partial charge in [0.25, 0.3) is 0 Å². The van der Waals surface area contributed by atoms with Crippen molar-refractivity contribution in [2.75, 3.05) is 13.2 Å². The SMILES string of the molecule is CC/C=C\C/C=C\C/C=C\C/C=C\C/C=C\CCCCCCCCCCCC(=O)OCC(COC(=O)CCCCCCCCCCCC)OC(=O)CCCCCCCCC/C=C\C/C=C\CCCCC. The third-order valence-corrected chi connectivity index (χ3v) is 12.6. The van der Waals surface area contributed by atoms with Gasteiger partial charge in [-0.05, 0) is 96.3 Å². The zero-order valence-corrected chi connectivity index (χ0v) is 46.0. The Morgan fingerprint density at radius 2 is 0.557 bits per heavy atom. The molecule has 0 saturated carbocycles. The quantitative estimate of drug-likeness (QED) is 0.0261. The van der Waals surface area contributed by atoms with Gasteiger partial charge in [0, 0.05) is 19.3 Å². The Morgan fingerprint density at radius 3 is 0.900 bits per heavy atom. The third-order valence-electron chi connectivity index (χ3n) is 12.6. The molecule has 0 aliphatic heterocycles. The first-order valence-electron chi connectivity index (χ1n) is 29.6. The Balaban J connectivity index is 4.28. The fraction of sp³-hybridized carbons (Fsp3) is 0.734. The second kappa shape index (κ2) is 58.2. The molecule has 6 heteroatoms. The Bertz CT molecular complexity index is 1350. The van der Waals surface area contributed by atoms with Gasteiger partial charge in [0.05, 0.1) is 0 Å². The predicted octanol–water partition coefficient (Wildman–Crippen LogP) is 19.9. The lowest BCUT2D eigenvalue weighted by Gasteiger charge is -2.18. The number of hydrogen-bond acceptors (Lipinski definition) is 6. The van der Waals surface area contributed by atoms with Crippen LogP contribution in [-0.4, -0.2) is 37.2 Å². The molecule has 0 aromatic heterocycles. The summed E-state index contributed by atoms with van der Waals surface area (Å²) in [4.78, 5) is 38.1. The van der Waals surface area contributed by atoms with Gasteiger partial charge >= 0.3 is 17.9 Å².